The minimum Gasteiger partial charge on any atom is -0.494 e. The lowest BCUT2D eigenvalue weighted by Gasteiger charge is -2.26. The van der Waals surface area contributed by atoms with Crippen molar-refractivity contribution >= 4 is 0 Å². The van der Waals surface area contributed by atoms with Crippen molar-refractivity contribution in [2.75, 3.05) is 13.7 Å². The normalized spacial score (nSPS) is 17.6. The van der Waals surface area contributed by atoms with Crippen molar-refractivity contribution in [3.05, 3.63) is 29.6 Å². The third kappa shape index (κ3) is 3.27. The van der Waals surface area contributed by atoms with Gasteiger partial charge in [-0.05, 0) is 37.8 Å². The number of hydrogen-bond acceptors (Lipinski definition) is 2. The van der Waals surface area contributed by atoms with Crippen LogP contribution in [0.25, 0.3) is 0 Å². The van der Waals surface area contributed by atoms with Crippen LogP contribution in [0, 0.1) is 11.7 Å². The molecule has 0 amide bonds. The highest BCUT2D eigenvalue weighted by Gasteiger charge is 2.28. The summed E-state index contributed by atoms with van der Waals surface area (Å²) in [5.41, 5.74) is 0.764. The molecule has 0 aromatic heterocycles. The molecule has 1 atom stereocenters. The van der Waals surface area contributed by atoms with Crippen LogP contribution >= 0.6 is 0 Å². The van der Waals surface area contributed by atoms with Crippen LogP contribution in [0.2, 0.25) is 0 Å². The summed E-state index contributed by atoms with van der Waals surface area (Å²) in [5, 5.41) is 3.52. The summed E-state index contributed by atoms with van der Waals surface area (Å²) >= 11 is 0. The van der Waals surface area contributed by atoms with Gasteiger partial charge in [0.05, 0.1) is 7.11 Å². The average Bonchev–Trinajstić information content (AvgIpc) is 2.95. The SMILES string of the molecule is CCCNC(c1cccc(OC)c1F)C1CCCC1. The number of ether oxygens (including phenoxy) is 1. The van der Waals surface area contributed by atoms with Crippen molar-refractivity contribution in [3.63, 3.8) is 0 Å². The van der Waals surface area contributed by atoms with Crippen LogP contribution in [0.4, 0.5) is 4.39 Å². The Morgan fingerprint density at radius 3 is 2.74 bits per heavy atom. The number of benzene rings is 1. The molecule has 1 unspecified atom stereocenters. The van der Waals surface area contributed by atoms with Gasteiger partial charge in [0, 0.05) is 11.6 Å². The second-order valence-electron chi connectivity index (χ2n) is 5.34. The molecule has 0 radical (unpaired) electrons. The van der Waals surface area contributed by atoms with Crippen molar-refractivity contribution in [2.45, 2.75) is 45.1 Å². The molecule has 1 fully saturated rings. The summed E-state index contributed by atoms with van der Waals surface area (Å²) in [6, 6.07) is 5.58. The van der Waals surface area contributed by atoms with E-state index in [9.17, 15) is 4.39 Å². The largest absolute Gasteiger partial charge is 0.494 e. The third-order valence-electron chi connectivity index (χ3n) is 4.03. The first-order valence-electron chi connectivity index (χ1n) is 7.33. The Kier molecular flexibility index (Phi) is 5.20. The molecule has 1 aromatic rings. The van der Waals surface area contributed by atoms with E-state index < -0.39 is 0 Å². The minimum atomic E-state index is -0.203. The number of hydrogen-bond donors (Lipinski definition) is 1. The summed E-state index contributed by atoms with van der Waals surface area (Å²) in [7, 11) is 1.52. The zero-order valence-electron chi connectivity index (χ0n) is 11.9. The van der Waals surface area contributed by atoms with E-state index in [2.05, 4.69) is 12.2 Å². The maximum Gasteiger partial charge on any atom is 0.169 e. The zero-order valence-corrected chi connectivity index (χ0v) is 11.9. The van der Waals surface area contributed by atoms with Crippen LogP contribution in [0.15, 0.2) is 18.2 Å². The summed E-state index contributed by atoms with van der Waals surface area (Å²) in [4.78, 5) is 0. The Morgan fingerprint density at radius 2 is 2.11 bits per heavy atom. The molecule has 1 aliphatic carbocycles. The highest BCUT2D eigenvalue weighted by atomic mass is 19.1. The molecule has 0 aliphatic heterocycles. The van der Waals surface area contributed by atoms with Crippen molar-refractivity contribution in [1.82, 2.24) is 5.32 Å². The van der Waals surface area contributed by atoms with Gasteiger partial charge in [-0.3, -0.25) is 0 Å². The van der Waals surface area contributed by atoms with Crippen LogP contribution in [0.1, 0.15) is 50.6 Å². The van der Waals surface area contributed by atoms with E-state index in [1.165, 1.54) is 32.8 Å². The van der Waals surface area contributed by atoms with Gasteiger partial charge < -0.3 is 10.1 Å². The van der Waals surface area contributed by atoms with E-state index in [4.69, 9.17) is 4.74 Å². The first-order chi connectivity index (χ1) is 9.27. The fraction of sp³-hybridized carbons (Fsp3) is 0.625. The molecule has 1 saturated carbocycles. The molecule has 1 aliphatic rings. The molecule has 0 spiro atoms. The summed E-state index contributed by atoms with van der Waals surface area (Å²) in [6.45, 7) is 3.07. The van der Waals surface area contributed by atoms with Crippen molar-refractivity contribution in [2.24, 2.45) is 5.92 Å². The van der Waals surface area contributed by atoms with Crippen molar-refractivity contribution in [1.29, 1.82) is 0 Å². The molecule has 3 heteroatoms. The van der Waals surface area contributed by atoms with E-state index in [1.54, 1.807) is 6.07 Å². The van der Waals surface area contributed by atoms with Gasteiger partial charge in [0.25, 0.3) is 0 Å². The Bertz CT molecular complexity index is 402. The standard InChI is InChI=1S/C16H24FNO/c1-3-11-18-16(12-7-4-5-8-12)13-9-6-10-14(19-2)15(13)17/h6,9-10,12,16,18H,3-5,7-8,11H2,1-2H3. The van der Waals surface area contributed by atoms with Gasteiger partial charge in [-0.1, -0.05) is 31.9 Å². The second-order valence-corrected chi connectivity index (χ2v) is 5.34. The maximum atomic E-state index is 14.4. The topological polar surface area (TPSA) is 21.3 Å². The fourth-order valence-corrected chi connectivity index (χ4v) is 3.05. The smallest absolute Gasteiger partial charge is 0.169 e. The molecule has 2 rings (SSSR count). The van der Waals surface area contributed by atoms with Crippen LogP contribution in [-0.2, 0) is 0 Å². The first kappa shape index (κ1) is 14.3. The van der Waals surface area contributed by atoms with Gasteiger partial charge in [-0.25, -0.2) is 4.39 Å². The van der Waals surface area contributed by atoms with Crippen LogP contribution < -0.4 is 10.1 Å². The van der Waals surface area contributed by atoms with E-state index >= 15 is 0 Å². The van der Waals surface area contributed by atoms with Crippen LogP contribution in [0.3, 0.4) is 0 Å². The van der Waals surface area contributed by atoms with Crippen LogP contribution in [-0.4, -0.2) is 13.7 Å². The number of nitrogens with one attached hydrogen (secondary N) is 1. The number of methoxy groups -OCH3 is 1. The van der Waals surface area contributed by atoms with E-state index in [-0.39, 0.29) is 11.9 Å². The van der Waals surface area contributed by atoms with Gasteiger partial charge in [-0.2, -0.15) is 0 Å². The second kappa shape index (κ2) is 6.90. The maximum absolute atomic E-state index is 14.4. The molecule has 0 heterocycles. The Balaban J connectivity index is 2.25. The van der Waals surface area contributed by atoms with Crippen LogP contribution in [0.5, 0.6) is 5.75 Å². The predicted molar refractivity (Wildman–Crippen MR) is 75.9 cm³/mol. The summed E-state index contributed by atoms with van der Waals surface area (Å²) < 4.78 is 19.5. The Hall–Kier alpha value is -1.09. The van der Waals surface area contributed by atoms with Crippen molar-refractivity contribution < 1.29 is 9.13 Å². The third-order valence-corrected chi connectivity index (χ3v) is 4.03. The Morgan fingerprint density at radius 1 is 1.37 bits per heavy atom. The quantitative estimate of drug-likeness (QED) is 0.837. The predicted octanol–water partition coefficient (Wildman–Crippen LogP) is 4.07. The molecule has 1 N–H and O–H groups in total. The average molecular weight is 265 g/mol. The monoisotopic (exact) mass is 265 g/mol. The fourth-order valence-electron chi connectivity index (χ4n) is 3.05. The summed E-state index contributed by atoms with van der Waals surface area (Å²) in [6.07, 6.45) is 5.98. The van der Waals surface area contributed by atoms with Gasteiger partial charge in [0.15, 0.2) is 11.6 Å². The van der Waals surface area contributed by atoms with Gasteiger partial charge in [-0.15, -0.1) is 0 Å². The first-order valence-corrected chi connectivity index (χ1v) is 7.33. The van der Waals surface area contributed by atoms with E-state index in [0.29, 0.717) is 11.7 Å². The molecule has 1 aromatic carbocycles. The Labute approximate surface area is 115 Å². The lowest BCUT2D eigenvalue weighted by atomic mass is 9.91. The highest BCUT2D eigenvalue weighted by Crippen LogP contribution is 2.38. The molecule has 0 saturated heterocycles. The molecular weight excluding hydrogens is 241 g/mol. The van der Waals surface area contributed by atoms with Crippen molar-refractivity contribution in [3.8, 4) is 5.75 Å². The minimum absolute atomic E-state index is 0.123. The number of halogens is 1. The van der Waals surface area contributed by atoms with Gasteiger partial charge >= 0.3 is 0 Å². The lowest BCUT2D eigenvalue weighted by molar-refractivity contribution is 0.343. The molecule has 0 bridgehead atoms. The van der Waals surface area contributed by atoms with E-state index in [1.807, 2.05) is 12.1 Å². The highest BCUT2D eigenvalue weighted by molar-refractivity contribution is 5.33. The molecule has 19 heavy (non-hydrogen) atoms. The van der Waals surface area contributed by atoms with Gasteiger partial charge in [0.1, 0.15) is 0 Å². The lowest BCUT2D eigenvalue weighted by Crippen LogP contribution is -2.28. The summed E-state index contributed by atoms with van der Waals surface area (Å²) in [5.74, 6) is 0.692. The zero-order chi connectivity index (χ0) is 13.7. The molecule has 106 valence electrons. The van der Waals surface area contributed by atoms with Gasteiger partial charge in [0.2, 0.25) is 0 Å². The number of rotatable bonds is 6. The van der Waals surface area contributed by atoms with E-state index in [0.717, 1.165) is 18.5 Å². The molecular formula is C16H24FNO. The molecule has 2 nitrogen and oxygen atoms in total.